The highest BCUT2D eigenvalue weighted by Crippen LogP contribution is 2.34. The maximum Gasteiger partial charge on any atom is 0.338 e. The molecule has 2 heterocycles. The summed E-state index contributed by atoms with van der Waals surface area (Å²) < 4.78 is 31.2. The van der Waals surface area contributed by atoms with Crippen LogP contribution in [0.4, 0.5) is 0 Å². The van der Waals surface area contributed by atoms with E-state index in [1.54, 1.807) is 30.3 Å². The van der Waals surface area contributed by atoms with Crippen LogP contribution < -0.4 is 0 Å². The first-order chi connectivity index (χ1) is 15.8. The number of fused-ring (bicyclic) bond motifs is 3. The van der Waals surface area contributed by atoms with Gasteiger partial charge in [-0.1, -0.05) is 24.3 Å². The molecule has 2 amide bonds. The van der Waals surface area contributed by atoms with Crippen LogP contribution in [0, 0.1) is 0 Å². The Hall–Kier alpha value is -4.11. The second-order valence-corrected chi connectivity index (χ2v) is 9.37. The fraction of sp³-hybridized carbons (Fsp3) is 0.0833. The van der Waals surface area contributed by atoms with Gasteiger partial charge in [-0.25, -0.2) is 13.2 Å². The molecule has 0 saturated heterocycles. The molecule has 0 fully saturated rings. The Morgan fingerprint density at radius 1 is 0.758 bits per heavy atom. The predicted octanol–water partition coefficient (Wildman–Crippen LogP) is 2.52. The first-order valence-corrected chi connectivity index (χ1v) is 11.4. The molecule has 0 aromatic heterocycles. The van der Waals surface area contributed by atoms with Gasteiger partial charge in [0.05, 0.1) is 33.0 Å². The molecule has 0 bridgehead atoms. The van der Waals surface area contributed by atoms with Crippen LogP contribution in [-0.2, 0) is 14.6 Å². The van der Waals surface area contributed by atoms with Crippen LogP contribution in [-0.4, -0.2) is 50.0 Å². The number of benzene rings is 3. The predicted molar refractivity (Wildman–Crippen MR) is 114 cm³/mol. The number of hydrogen-bond acceptors (Lipinski definition) is 7. The Balaban J connectivity index is 1.33. The number of ether oxygens (including phenoxy) is 1. The summed E-state index contributed by atoms with van der Waals surface area (Å²) in [5.74, 6) is -2.22. The maximum absolute atomic E-state index is 13.0. The quantitative estimate of drug-likeness (QED) is 0.339. The van der Waals surface area contributed by atoms with Gasteiger partial charge in [-0.3, -0.25) is 19.3 Å². The number of imide groups is 1. The van der Waals surface area contributed by atoms with Crippen LogP contribution in [0.1, 0.15) is 47.0 Å². The van der Waals surface area contributed by atoms with Crippen LogP contribution in [0.3, 0.4) is 0 Å². The van der Waals surface area contributed by atoms with Gasteiger partial charge in [0.15, 0.2) is 5.78 Å². The first-order valence-electron chi connectivity index (χ1n) is 9.96. The lowest BCUT2D eigenvalue weighted by Gasteiger charge is -2.19. The molecule has 8 nitrogen and oxygen atoms in total. The van der Waals surface area contributed by atoms with Gasteiger partial charge in [-0.2, -0.15) is 0 Å². The number of hydrogen-bond donors (Lipinski definition) is 0. The second kappa shape index (κ2) is 7.49. The number of rotatable bonds is 4. The van der Waals surface area contributed by atoms with Gasteiger partial charge >= 0.3 is 5.97 Å². The summed E-state index contributed by atoms with van der Waals surface area (Å²) in [5.41, 5.74) is 0.585. The van der Waals surface area contributed by atoms with Crippen molar-refractivity contribution in [3.63, 3.8) is 0 Å². The van der Waals surface area contributed by atoms with E-state index in [9.17, 15) is 27.6 Å². The average molecular weight is 461 g/mol. The Bertz CT molecular complexity index is 1460. The van der Waals surface area contributed by atoms with Gasteiger partial charge in [-0.15, -0.1) is 0 Å². The van der Waals surface area contributed by atoms with Gasteiger partial charge in [0.25, 0.3) is 11.8 Å². The molecular formula is C24H15NO7S. The molecule has 0 saturated carbocycles. The Morgan fingerprint density at radius 3 is 2.00 bits per heavy atom. The third-order valence-corrected chi connectivity index (χ3v) is 7.45. The van der Waals surface area contributed by atoms with Crippen molar-refractivity contribution in [1.82, 2.24) is 4.90 Å². The van der Waals surface area contributed by atoms with Gasteiger partial charge in [-0.05, 0) is 42.5 Å². The molecule has 2 aliphatic heterocycles. The normalized spacial score (nSPS) is 15.6. The number of carbonyl (C=O) groups excluding carboxylic acids is 4. The van der Waals surface area contributed by atoms with E-state index in [0.717, 1.165) is 11.0 Å². The fourth-order valence-electron chi connectivity index (χ4n) is 3.97. The highest BCUT2D eigenvalue weighted by atomic mass is 32.2. The lowest BCUT2D eigenvalue weighted by atomic mass is 10.0. The summed E-state index contributed by atoms with van der Waals surface area (Å²) in [4.78, 5) is 50.6. The molecule has 3 aromatic carbocycles. The monoisotopic (exact) mass is 461 g/mol. The van der Waals surface area contributed by atoms with E-state index in [1.807, 2.05) is 0 Å². The van der Waals surface area contributed by atoms with Crippen LogP contribution in [0.5, 0.6) is 0 Å². The van der Waals surface area contributed by atoms with E-state index < -0.39 is 33.4 Å². The van der Waals surface area contributed by atoms with Crippen molar-refractivity contribution < 1.29 is 32.3 Å². The highest BCUT2D eigenvalue weighted by Gasteiger charge is 2.36. The number of sulfone groups is 1. The van der Waals surface area contributed by atoms with Crippen molar-refractivity contribution in [2.24, 2.45) is 0 Å². The molecule has 0 unspecified atom stereocenters. The van der Waals surface area contributed by atoms with Crippen LogP contribution in [0.2, 0.25) is 0 Å². The van der Waals surface area contributed by atoms with Crippen molar-refractivity contribution in [2.45, 2.75) is 9.79 Å². The average Bonchev–Trinajstić information content (AvgIpc) is 3.07. The molecule has 0 N–H and O–H groups in total. The number of ketones is 1. The molecule has 0 spiro atoms. The fourth-order valence-corrected chi connectivity index (χ4v) is 5.64. The second-order valence-electron chi connectivity index (χ2n) is 7.48. The highest BCUT2D eigenvalue weighted by molar-refractivity contribution is 7.91. The minimum absolute atomic E-state index is 0.0173. The lowest BCUT2D eigenvalue weighted by Crippen LogP contribution is -2.33. The first kappa shape index (κ1) is 20.8. The smallest absolute Gasteiger partial charge is 0.338 e. The Kier molecular flexibility index (Phi) is 4.71. The standard InChI is InChI=1S/C24H15NO7S/c26-21-17-7-3-4-8-19(17)33(30,31)20-13-14(9-10-18(20)21)24(29)32-12-11-25-22(27)15-5-1-2-6-16(15)23(25)28/h1-10,13H,11-12H2. The maximum atomic E-state index is 13.0. The Labute approximate surface area is 188 Å². The molecule has 9 heteroatoms. The zero-order valence-electron chi connectivity index (χ0n) is 17.0. The third-order valence-electron chi connectivity index (χ3n) is 5.60. The summed E-state index contributed by atoms with van der Waals surface area (Å²) in [5, 5.41) is 0. The van der Waals surface area contributed by atoms with E-state index in [-0.39, 0.29) is 39.6 Å². The molecule has 5 rings (SSSR count). The molecule has 3 aromatic rings. The zero-order chi connectivity index (χ0) is 23.3. The van der Waals surface area contributed by atoms with E-state index >= 15 is 0 Å². The molecule has 33 heavy (non-hydrogen) atoms. The molecule has 0 radical (unpaired) electrons. The van der Waals surface area contributed by atoms with E-state index in [2.05, 4.69) is 0 Å². The van der Waals surface area contributed by atoms with Crippen molar-refractivity contribution in [2.75, 3.05) is 13.2 Å². The van der Waals surface area contributed by atoms with Gasteiger partial charge in [0, 0.05) is 11.1 Å². The summed E-state index contributed by atoms with van der Waals surface area (Å²) in [6.07, 6.45) is 0. The van der Waals surface area contributed by atoms with Gasteiger partial charge in [0.1, 0.15) is 6.61 Å². The summed E-state index contributed by atoms with van der Waals surface area (Å²) >= 11 is 0. The van der Waals surface area contributed by atoms with Gasteiger partial charge < -0.3 is 4.74 Å². The van der Waals surface area contributed by atoms with Crippen molar-refractivity contribution in [3.05, 3.63) is 94.5 Å². The number of nitrogens with zero attached hydrogens (tertiary/aromatic N) is 1. The minimum atomic E-state index is -4.00. The molecule has 164 valence electrons. The zero-order valence-corrected chi connectivity index (χ0v) is 17.8. The van der Waals surface area contributed by atoms with E-state index in [0.29, 0.717) is 11.1 Å². The van der Waals surface area contributed by atoms with Crippen LogP contribution in [0.25, 0.3) is 0 Å². The third kappa shape index (κ3) is 3.16. The van der Waals surface area contributed by atoms with Crippen LogP contribution >= 0.6 is 0 Å². The number of carbonyl (C=O) groups is 4. The summed E-state index contributed by atoms with van der Waals surface area (Å²) in [6, 6.07) is 16.0. The Morgan fingerprint density at radius 2 is 1.33 bits per heavy atom. The van der Waals surface area contributed by atoms with Gasteiger partial charge in [0.2, 0.25) is 9.84 Å². The summed E-state index contributed by atoms with van der Waals surface area (Å²) in [6.45, 7) is -0.414. The minimum Gasteiger partial charge on any atom is -0.460 e. The van der Waals surface area contributed by atoms with Crippen molar-refractivity contribution in [1.29, 1.82) is 0 Å². The molecule has 2 aliphatic rings. The molecular weight excluding hydrogens is 446 g/mol. The number of amides is 2. The van der Waals surface area contributed by atoms with Crippen molar-refractivity contribution in [3.8, 4) is 0 Å². The summed E-state index contributed by atoms with van der Waals surface area (Å²) in [7, 11) is -4.00. The largest absolute Gasteiger partial charge is 0.460 e. The molecule has 0 aliphatic carbocycles. The van der Waals surface area contributed by atoms with E-state index in [4.69, 9.17) is 4.74 Å². The van der Waals surface area contributed by atoms with Crippen LogP contribution in [0.15, 0.2) is 76.5 Å². The topological polar surface area (TPSA) is 115 Å². The van der Waals surface area contributed by atoms with Crippen molar-refractivity contribution >= 4 is 33.4 Å². The molecule has 0 atom stereocenters. The van der Waals surface area contributed by atoms with E-state index in [1.165, 1.54) is 30.3 Å². The SMILES string of the molecule is O=C(OCCN1C(=O)c2ccccc2C1=O)c1ccc2c(c1)S(=O)(=O)c1ccccc1C2=O. The lowest BCUT2D eigenvalue weighted by molar-refractivity contribution is 0.0420. The number of esters is 1.